The van der Waals surface area contributed by atoms with Gasteiger partial charge in [0.1, 0.15) is 12.4 Å². The van der Waals surface area contributed by atoms with E-state index in [-0.39, 0.29) is 6.10 Å². The van der Waals surface area contributed by atoms with Crippen LogP contribution in [0.2, 0.25) is 0 Å². The minimum absolute atomic E-state index is 0.167. The first-order chi connectivity index (χ1) is 4.43. The molecule has 0 aromatic heterocycles. The largest absolute Gasteiger partial charge is 0.369 e. The third kappa shape index (κ3) is 2.11. The number of hydrogen-bond donors (Lipinski definition) is 1. The zero-order valence-electron chi connectivity index (χ0n) is 5.30. The third-order valence-corrected chi connectivity index (χ3v) is 1.37. The van der Waals surface area contributed by atoms with Gasteiger partial charge in [-0.05, 0) is 13.0 Å². The highest BCUT2D eigenvalue weighted by molar-refractivity contribution is 5.55. The van der Waals surface area contributed by atoms with Crippen LogP contribution in [0, 0.1) is 0 Å². The molecular weight excluding hydrogens is 118 g/mol. The lowest BCUT2D eigenvalue weighted by Gasteiger charge is -2.03. The van der Waals surface area contributed by atoms with Gasteiger partial charge in [-0.2, -0.15) is 0 Å². The van der Waals surface area contributed by atoms with Crippen LogP contribution in [0.5, 0.6) is 0 Å². The Morgan fingerprint density at radius 1 is 1.56 bits per heavy atom. The molecule has 0 bridgehead atoms. The smallest absolute Gasteiger partial charge is 0.148 e. The van der Waals surface area contributed by atoms with Crippen molar-refractivity contribution in [2.45, 2.75) is 12.5 Å². The highest BCUT2D eigenvalue weighted by Crippen LogP contribution is 1.96. The molecule has 3 nitrogen and oxygen atoms in total. The quantitative estimate of drug-likeness (QED) is 0.488. The number of aldehydes is 1. The molecule has 1 aliphatic heterocycles. The Morgan fingerprint density at radius 3 is 3.22 bits per heavy atom. The van der Waals surface area contributed by atoms with Gasteiger partial charge in [0.05, 0.1) is 6.61 Å². The molecule has 0 radical (unpaired) electrons. The standard InChI is InChI=1S/C6H11NO2/c8-5-6-1-2-7-3-4-9-6/h5-7H,1-4H2/t6-/m0/s1. The normalized spacial score (nSPS) is 29.1. The van der Waals surface area contributed by atoms with Gasteiger partial charge in [0.25, 0.3) is 0 Å². The van der Waals surface area contributed by atoms with Gasteiger partial charge in [0.2, 0.25) is 0 Å². The van der Waals surface area contributed by atoms with Gasteiger partial charge in [-0.15, -0.1) is 0 Å². The van der Waals surface area contributed by atoms with Gasteiger partial charge >= 0.3 is 0 Å². The number of nitrogens with one attached hydrogen (secondary N) is 1. The van der Waals surface area contributed by atoms with E-state index in [4.69, 9.17) is 4.74 Å². The summed E-state index contributed by atoms with van der Waals surface area (Å²) in [6.07, 6.45) is 1.51. The summed E-state index contributed by atoms with van der Waals surface area (Å²) >= 11 is 0. The molecule has 1 fully saturated rings. The fourth-order valence-electron chi connectivity index (χ4n) is 0.842. The average Bonchev–Trinajstić information content (AvgIpc) is 2.13. The summed E-state index contributed by atoms with van der Waals surface area (Å²) in [5.74, 6) is 0. The van der Waals surface area contributed by atoms with Crippen molar-refractivity contribution >= 4 is 6.29 Å². The topological polar surface area (TPSA) is 38.3 Å². The molecule has 0 unspecified atom stereocenters. The van der Waals surface area contributed by atoms with Gasteiger partial charge in [-0.25, -0.2) is 0 Å². The minimum Gasteiger partial charge on any atom is -0.369 e. The molecule has 0 aromatic carbocycles. The van der Waals surface area contributed by atoms with Crippen molar-refractivity contribution in [3.63, 3.8) is 0 Å². The summed E-state index contributed by atoms with van der Waals surface area (Å²) in [7, 11) is 0. The molecule has 1 saturated heterocycles. The number of ether oxygens (including phenoxy) is 1. The predicted molar refractivity (Wildman–Crippen MR) is 33.3 cm³/mol. The van der Waals surface area contributed by atoms with Gasteiger partial charge < -0.3 is 14.8 Å². The van der Waals surface area contributed by atoms with Crippen LogP contribution in [0.3, 0.4) is 0 Å². The summed E-state index contributed by atoms with van der Waals surface area (Å²) in [5, 5.41) is 3.13. The molecule has 0 spiro atoms. The molecule has 1 N–H and O–H groups in total. The second kappa shape index (κ2) is 3.58. The molecule has 1 aliphatic rings. The molecule has 1 rings (SSSR count). The van der Waals surface area contributed by atoms with Crippen molar-refractivity contribution in [2.75, 3.05) is 19.7 Å². The summed E-state index contributed by atoms with van der Waals surface area (Å²) in [4.78, 5) is 10.2. The van der Waals surface area contributed by atoms with Gasteiger partial charge in [0.15, 0.2) is 0 Å². The summed E-state index contributed by atoms with van der Waals surface area (Å²) in [6.45, 7) is 2.41. The lowest BCUT2D eigenvalue weighted by Crippen LogP contribution is -2.16. The van der Waals surface area contributed by atoms with E-state index >= 15 is 0 Å². The van der Waals surface area contributed by atoms with Crippen LogP contribution in [-0.2, 0) is 9.53 Å². The van der Waals surface area contributed by atoms with Gasteiger partial charge in [0, 0.05) is 6.54 Å². The van der Waals surface area contributed by atoms with E-state index < -0.39 is 0 Å². The van der Waals surface area contributed by atoms with Crippen molar-refractivity contribution in [3.05, 3.63) is 0 Å². The Balaban J connectivity index is 2.26. The van der Waals surface area contributed by atoms with E-state index in [1.807, 2.05) is 0 Å². The Bertz CT molecular complexity index is 87.1. The van der Waals surface area contributed by atoms with Crippen LogP contribution in [0.15, 0.2) is 0 Å². The lowest BCUT2D eigenvalue weighted by molar-refractivity contribution is -0.117. The van der Waals surface area contributed by atoms with Crippen LogP contribution < -0.4 is 5.32 Å². The van der Waals surface area contributed by atoms with E-state index in [1.54, 1.807) is 0 Å². The molecular formula is C6H11NO2. The van der Waals surface area contributed by atoms with Gasteiger partial charge in [-0.3, -0.25) is 0 Å². The first-order valence-electron chi connectivity index (χ1n) is 3.21. The highest BCUT2D eigenvalue weighted by atomic mass is 16.5. The lowest BCUT2D eigenvalue weighted by atomic mass is 10.3. The summed E-state index contributed by atoms with van der Waals surface area (Å²) < 4.78 is 5.12. The van der Waals surface area contributed by atoms with E-state index in [9.17, 15) is 4.79 Å². The second-order valence-corrected chi connectivity index (χ2v) is 2.08. The monoisotopic (exact) mass is 129 g/mol. The van der Waals surface area contributed by atoms with E-state index in [0.717, 1.165) is 25.8 Å². The molecule has 3 heteroatoms. The molecule has 1 heterocycles. The van der Waals surface area contributed by atoms with Crippen LogP contribution in [-0.4, -0.2) is 32.1 Å². The van der Waals surface area contributed by atoms with Crippen molar-refractivity contribution in [3.8, 4) is 0 Å². The van der Waals surface area contributed by atoms with Crippen LogP contribution >= 0.6 is 0 Å². The van der Waals surface area contributed by atoms with Crippen LogP contribution in [0.25, 0.3) is 0 Å². The fourth-order valence-corrected chi connectivity index (χ4v) is 0.842. The van der Waals surface area contributed by atoms with Crippen molar-refractivity contribution in [1.29, 1.82) is 0 Å². The maximum Gasteiger partial charge on any atom is 0.148 e. The summed E-state index contributed by atoms with van der Waals surface area (Å²) in [5.41, 5.74) is 0. The van der Waals surface area contributed by atoms with E-state index in [2.05, 4.69) is 5.32 Å². The zero-order valence-corrected chi connectivity index (χ0v) is 5.30. The average molecular weight is 129 g/mol. The molecule has 0 aromatic rings. The number of carbonyl (C=O) groups is 1. The van der Waals surface area contributed by atoms with Crippen LogP contribution in [0.4, 0.5) is 0 Å². The Kier molecular flexibility index (Phi) is 2.67. The Morgan fingerprint density at radius 2 is 2.44 bits per heavy atom. The first kappa shape index (κ1) is 6.71. The van der Waals surface area contributed by atoms with Crippen molar-refractivity contribution < 1.29 is 9.53 Å². The maximum atomic E-state index is 10.2. The van der Waals surface area contributed by atoms with Crippen molar-refractivity contribution in [2.24, 2.45) is 0 Å². The highest BCUT2D eigenvalue weighted by Gasteiger charge is 2.09. The second-order valence-electron chi connectivity index (χ2n) is 2.08. The van der Waals surface area contributed by atoms with Crippen molar-refractivity contribution in [1.82, 2.24) is 5.32 Å². The molecule has 0 amide bonds. The summed E-state index contributed by atoms with van der Waals surface area (Å²) in [6, 6.07) is 0. The van der Waals surface area contributed by atoms with E-state index in [1.165, 1.54) is 0 Å². The molecule has 0 saturated carbocycles. The fraction of sp³-hybridized carbons (Fsp3) is 0.833. The molecule has 0 aliphatic carbocycles. The Hall–Kier alpha value is -0.410. The molecule has 1 atom stereocenters. The van der Waals surface area contributed by atoms with E-state index in [0.29, 0.717) is 6.61 Å². The number of carbonyl (C=O) groups excluding carboxylic acids is 1. The third-order valence-electron chi connectivity index (χ3n) is 1.37. The molecule has 9 heavy (non-hydrogen) atoms. The zero-order chi connectivity index (χ0) is 6.53. The van der Waals surface area contributed by atoms with Gasteiger partial charge in [-0.1, -0.05) is 0 Å². The predicted octanol–water partition coefficient (Wildman–Crippen LogP) is -0.436. The number of hydrogen-bond acceptors (Lipinski definition) is 3. The Labute approximate surface area is 54.4 Å². The number of rotatable bonds is 1. The van der Waals surface area contributed by atoms with Crippen LogP contribution in [0.1, 0.15) is 6.42 Å². The first-order valence-corrected chi connectivity index (χ1v) is 3.21. The SMILES string of the molecule is O=C[C@@H]1CCNCCO1. The minimum atomic E-state index is -0.167. The maximum absolute atomic E-state index is 10.2. The molecule has 52 valence electrons.